The third-order valence-corrected chi connectivity index (χ3v) is 1.57. The van der Waals surface area contributed by atoms with Crippen LogP contribution in [0.15, 0.2) is 0 Å². The van der Waals surface area contributed by atoms with Crippen LogP contribution < -0.4 is 0 Å². The van der Waals surface area contributed by atoms with Crippen LogP contribution in [-0.4, -0.2) is 17.3 Å². The molecule has 3 nitrogen and oxygen atoms in total. The van der Waals surface area contributed by atoms with Gasteiger partial charge in [0.1, 0.15) is 0 Å². The molecule has 1 aromatic heterocycles. The summed E-state index contributed by atoms with van der Waals surface area (Å²) in [5, 5.41) is 6.92. The molecule has 0 aliphatic heterocycles. The second-order valence-corrected chi connectivity index (χ2v) is 2.35. The van der Waals surface area contributed by atoms with E-state index in [1.165, 1.54) is 5.56 Å². The Morgan fingerprint density at radius 1 is 1.50 bits per heavy atom. The molecule has 0 spiro atoms. The van der Waals surface area contributed by atoms with Crippen molar-refractivity contribution < 1.29 is 4.74 Å². The van der Waals surface area contributed by atoms with Gasteiger partial charge in [-0.2, -0.15) is 5.10 Å². The van der Waals surface area contributed by atoms with E-state index in [1.807, 2.05) is 13.8 Å². The van der Waals surface area contributed by atoms with Crippen LogP contribution in [0.25, 0.3) is 0 Å². The van der Waals surface area contributed by atoms with Gasteiger partial charge in [-0.3, -0.25) is 5.10 Å². The number of hydrogen-bond donors (Lipinski definition) is 1. The number of aryl methyl sites for hydroxylation is 2. The molecule has 1 N–H and O–H groups in total. The molecule has 0 amide bonds. The van der Waals surface area contributed by atoms with E-state index in [-0.39, 0.29) is 0 Å². The number of aromatic nitrogens is 2. The largest absolute Gasteiger partial charge is 0.380 e. The standard InChI is InChI=1S/C7H12N2O/c1-5-7(4-10-3)6(2)9-8-5/h4H2,1-3H3,(H,8,9). The van der Waals surface area contributed by atoms with Gasteiger partial charge in [-0.25, -0.2) is 0 Å². The van der Waals surface area contributed by atoms with E-state index in [4.69, 9.17) is 4.74 Å². The Morgan fingerprint density at radius 2 is 2.20 bits per heavy atom. The molecule has 56 valence electrons. The number of rotatable bonds is 2. The molecular weight excluding hydrogens is 128 g/mol. The van der Waals surface area contributed by atoms with Crippen LogP contribution in [0.5, 0.6) is 0 Å². The molecule has 0 aromatic carbocycles. The molecule has 0 saturated carbocycles. The smallest absolute Gasteiger partial charge is 0.0749 e. The van der Waals surface area contributed by atoms with Crippen molar-refractivity contribution in [3.63, 3.8) is 0 Å². The van der Waals surface area contributed by atoms with E-state index in [9.17, 15) is 0 Å². The Kier molecular flexibility index (Phi) is 2.06. The highest BCUT2D eigenvalue weighted by Gasteiger charge is 2.03. The molecule has 0 aliphatic rings. The van der Waals surface area contributed by atoms with Crippen LogP contribution in [0.4, 0.5) is 0 Å². The average Bonchev–Trinajstić information content (AvgIpc) is 2.20. The fourth-order valence-electron chi connectivity index (χ4n) is 0.931. The molecular formula is C7H12N2O. The van der Waals surface area contributed by atoms with E-state index >= 15 is 0 Å². The summed E-state index contributed by atoms with van der Waals surface area (Å²) in [7, 11) is 1.69. The molecule has 1 rings (SSSR count). The monoisotopic (exact) mass is 140 g/mol. The maximum Gasteiger partial charge on any atom is 0.0749 e. The number of H-pyrrole nitrogens is 1. The molecule has 0 aliphatic carbocycles. The van der Waals surface area contributed by atoms with Crippen LogP contribution in [0.3, 0.4) is 0 Å². The lowest BCUT2D eigenvalue weighted by Crippen LogP contribution is -1.90. The molecule has 0 radical (unpaired) electrons. The number of nitrogens with one attached hydrogen (secondary N) is 1. The number of hydrogen-bond acceptors (Lipinski definition) is 2. The molecule has 1 heterocycles. The molecule has 10 heavy (non-hydrogen) atoms. The van der Waals surface area contributed by atoms with Crippen molar-refractivity contribution in [3.05, 3.63) is 17.0 Å². The summed E-state index contributed by atoms with van der Waals surface area (Å²) in [6.45, 7) is 4.61. The minimum Gasteiger partial charge on any atom is -0.380 e. The zero-order valence-electron chi connectivity index (χ0n) is 6.56. The Balaban J connectivity index is 2.87. The molecule has 0 saturated heterocycles. The first kappa shape index (κ1) is 7.28. The van der Waals surface area contributed by atoms with Gasteiger partial charge in [-0.15, -0.1) is 0 Å². The number of nitrogens with zero attached hydrogens (tertiary/aromatic N) is 1. The zero-order valence-corrected chi connectivity index (χ0v) is 6.56. The van der Waals surface area contributed by atoms with E-state index in [2.05, 4.69) is 10.2 Å². The van der Waals surface area contributed by atoms with Crippen molar-refractivity contribution in [2.45, 2.75) is 20.5 Å². The number of methoxy groups -OCH3 is 1. The summed E-state index contributed by atoms with van der Waals surface area (Å²) in [5.74, 6) is 0. The third-order valence-electron chi connectivity index (χ3n) is 1.57. The van der Waals surface area contributed by atoms with E-state index < -0.39 is 0 Å². The van der Waals surface area contributed by atoms with Crippen LogP contribution in [-0.2, 0) is 11.3 Å². The first-order valence-electron chi connectivity index (χ1n) is 3.25. The maximum atomic E-state index is 4.99. The summed E-state index contributed by atoms with van der Waals surface area (Å²) >= 11 is 0. The van der Waals surface area contributed by atoms with Crippen LogP contribution >= 0.6 is 0 Å². The van der Waals surface area contributed by atoms with Gasteiger partial charge < -0.3 is 4.74 Å². The highest BCUT2D eigenvalue weighted by molar-refractivity contribution is 5.21. The van der Waals surface area contributed by atoms with Crippen molar-refractivity contribution in [1.29, 1.82) is 0 Å². The summed E-state index contributed by atoms with van der Waals surface area (Å²) in [4.78, 5) is 0. The van der Waals surface area contributed by atoms with E-state index in [0.717, 1.165) is 11.4 Å². The average molecular weight is 140 g/mol. The van der Waals surface area contributed by atoms with Gasteiger partial charge in [0.2, 0.25) is 0 Å². The molecule has 0 atom stereocenters. The fourth-order valence-corrected chi connectivity index (χ4v) is 0.931. The lowest BCUT2D eigenvalue weighted by molar-refractivity contribution is 0.184. The Labute approximate surface area is 60.4 Å². The first-order valence-corrected chi connectivity index (χ1v) is 3.25. The Morgan fingerprint density at radius 3 is 2.60 bits per heavy atom. The van der Waals surface area contributed by atoms with Crippen molar-refractivity contribution in [2.75, 3.05) is 7.11 Å². The van der Waals surface area contributed by atoms with Gasteiger partial charge in [0, 0.05) is 18.4 Å². The lowest BCUT2D eigenvalue weighted by Gasteiger charge is -1.96. The molecule has 0 unspecified atom stereocenters. The van der Waals surface area contributed by atoms with Crippen molar-refractivity contribution >= 4 is 0 Å². The quantitative estimate of drug-likeness (QED) is 0.669. The molecule has 0 fully saturated rings. The van der Waals surface area contributed by atoms with Gasteiger partial charge in [0.15, 0.2) is 0 Å². The highest BCUT2D eigenvalue weighted by atomic mass is 16.5. The van der Waals surface area contributed by atoms with Crippen molar-refractivity contribution in [3.8, 4) is 0 Å². The van der Waals surface area contributed by atoms with Gasteiger partial charge in [0.25, 0.3) is 0 Å². The van der Waals surface area contributed by atoms with Gasteiger partial charge >= 0.3 is 0 Å². The van der Waals surface area contributed by atoms with E-state index in [1.54, 1.807) is 7.11 Å². The predicted molar refractivity (Wildman–Crippen MR) is 38.8 cm³/mol. The SMILES string of the molecule is COCc1c(C)n[nH]c1C. The zero-order chi connectivity index (χ0) is 7.56. The first-order chi connectivity index (χ1) is 4.75. The van der Waals surface area contributed by atoms with E-state index in [0.29, 0.717) is 6.61 Å². The summed E-state index contributed by atoms with van der Waals surface area (Å²) < 4.78 is 4.99. The van der Waals surface area contributed by atoms with Crippen LogP contribution in [0.1, 0.15) is 17.0 Å². The Hall–Kier alpha value is -0.830. The number of ether oxygens (including phenoxy) is 1. The van der Waals surface area contributed by atoms with Gasteiger partial charge in [-0.05, 0) is 13.8 Å². The summed E-state index contributed by atoms with van der Waals surface area (Å²) in [6, 6.07) is 0. The van der Waals surface area contributed by atoms with Crippen molar-refractivity contribution in [1.82, 2.24) is 10.2 Å². The second kappa shape index (κ2) is 2.84. The number of aromatic amines is 1. The molecule has 0 bridgehead atoms. The topological polar surface area (TPSA) is 37.9 Å². The summed E-state index contributed by atoms with van der Waals surface area (Å²) in [6.07, 6.45) is 0. The lowest BCUT2D eigenvalue weighted by atomic mass is 10.2. The fraction of sp³-hybridized carbons (Fsp3) is 0.571. The second-order valence-electron chi connectivity index (χ2n) is 2.35. The summed E-state index contributed by atoms with van der Waals surface area (Å²) in [5.41, 5.74) is 3.29. The van der Waals surface area contributed by atoms with Crippen LogP contribution in [0, 0.1) is 13.8 Å². The van der Waals surface area contributed by atoms with Gasteiger partial charge in [0.05, 0.1) is 12.3 Å². The normalized spacial score (nSPS) is 10.3. The van der Waals surface area contributed by atoms with Crippen LogP contribution in [0.2, 0.25) is 0 Å². The van der Waals surface area contributed by atoms with Gasteiger partial charge in [-0.1, -0.05) is 0 Å². The maximum absolute atomic E-state index is 4.99. The minimum atomic E-state index is 0.647. The third kappa shape index (κ3) is 1.19. The van der Waals surface area contributed by atoms with Crippen molar-refractivity contribution in [2.24, 2.45) is 0 Å². The Bertz CT molecular complexity index is 198. The molecule has 3 heteroatoms. The highest BCUT2D eigenvalue weighted by Crippen LogP contribution is 2.09. The minimum absolute atomic E-state index is 0.647. The molecule has 1 aromatic rings. The predicted octanol–water partition coefficient (Wildman–Crippen LogP) is 1.17.